The van der Waals surface area contributed by atoms with Gasteiger partial charge in [0.25, 0.3) is 5.92 Å². The molecule has 0 aliphatic carbocycles. The van der Waals surface area contributed by atoms with Crippen LogP contribution in [0.1, 0.15) is 18.4 Å². The zero-order chi connectivity index (χ0) is 13.2. The molecular formula is C10H7Cl3F2O2. The second-order valence-electron chi connectivity index (χ2n) is 3.34. The molecule has 0 amide bonds. The average Bonchev–Trinajstić information content (AvgIpc) is 2.12. The fraction of sp³-hybridized carbons (Fsp3) is 0.300. The Bertz CT molecular complexity index is 426. The topological polar surface area (TPSA) is 37.3 Å². The SMILES string of the molecule is O=C(O)CCC(F)(F)c1c(Cl)cc(Cl)cc1Cl. The van der Waals surface area contributed by atoms with Gasteiger partial charge in [-0.25, -0.2) is 8.78 Å². The fourth-order valence-electron chi connectivity index (χ4n) is 1.28. The van der Waals surface area contributed by atoms with Crippen LogP contribution >= 0.6 is 34.8 Å². The second kappa shape index (κ2) is 5.38. The molecule has 1 rings (SSSR count). The van der Waals surface area contributed by atoms with Crippen molar-refractivity contribution in [3.05, 3.63) is 32.8 Å². The van der Waals surface area contributed by atoms with E-state index in [0.29, 0.717) is 0 Å². The molecule has 0 saturated carbocycles. The van der Waals surface area contributed by atoms with Crippen molar-refractivity contribution in [1.82, 2.24) is 0 Å². The van der Waals surface area contributed by atoms with E-state index in [4.69, 9.17) is 39.9 Å². The molecule has 0 spiro atoms. The van der Waals surface area contributed by atoms with Crippen molar-refractivity contribution in [2.75, 3.05) is 0 Å². The Morgan fingerprint density at radius 3 is 2.12 bits per heavy atom. The van der Waals surface area contributed by atoms with E-state index in [9.17, 15) is 13.6 Å². The summed E-state index contributed by atoms with van der Waals surface area (Å²) in [5, 5.41) is 7.96. The molecule has 0 aliphatic heterocycles. The Kier molecular flexibility index (Phi) is 4.58. The largest absolute Gasteiger partial charge is 0.481 e. The van der Waals surface area contributed by atoms with Gasteiger partial charge in [-0.2, -0.15) is 0 Å². The molecule has 0 saturated heterocycles. The first kappa shape index (κ1) is 14.5. The van der Waals surface area contributed by atoms with Crippen molar-refractivity contribution in [3.63, 3.8) is 0 Å². The zero-order valence-corrected chi connectivity index (χ0v) is 10.6. The van der Waals surface area contributed by atoms with Crippen molar-refractivity contribution in [2.24, 2.45) is 0 Å². The summed E-state index contributed by atoms with van der Waals surface area (Å²) in [5.74, 6) is -4.72. The number of benzene rings is 1. The molecule has 1 aromatic rings. The molecule has 17 heavy (non-hydrogen) atoms. The number of aliphatic carboxylic acids is 1. The average molecular weight is 304 g/mol. The van der Waals surface area contributed by atoms with Crippen LogP contribution in [0.15, 0.2) is 12.1 Å². The standard InChI is InChI=1S/C10H7Cl3F2O2/c11-5-3-6(12)9(7(13)4-5)10(14,15)2-1-8(16)17/h3-4H,1-2H2,(H,16,17). The molecule has 0 unspecified atom stereocenters. The van der Waals surface area contributed by atoms with Crippen molar-refractivity contribution in [2.45, 2.75) is 18.8 Å². The number of halogens is 5. The Morgan fingerprint density at radius 2 is 1.71 bits per heavy atom. The number of carbonyl (C=O) groups is 1. The Morgan fingerprint density at radius 1 is 1.24 bits per heavy atom. The van der Waals surface area contributed by atoms with Crippen LogP contribution in [-0.4, -0.2) is 11.1 Å². The lowest BCUT2D eigenvalue weighted by atomic mass is 10.0. The number of hydrogen-bond donors (Lipinski definition) is 1. The Labute approximate surface area is 111 Å². The third kappa shape index (κ3) is 3.69. The number of alkyl halides is 2. The third-order valence-electron chi connectivity index (χ3n) is 2.03. The number of carboxylic acid groups (broad SMARTS) is 1. The smallest absolute Gasteiger partial charge is 0.303 e. The molecule has 0 aliphatic rings. The highest BCUT2D eigenvalue weighted by molar-refractivity contribution is 6.39. The quantitative estimate of drug-likeness (QED) is 0.882. The van der Waals surface area contributed by atoms with Crippen LogP contribution in [0.5, 0.6) is 0 Å². The van der Waals surface area contributed by atoms with Crippen molar-refractivity contribution in [3.8, 4) is 0 Å². The Hall–Kier alpha value is -0.580. The maximum atomic E-state index is 13.7. The first-order valence-corrected chi connectivity index (χ1v) is 5.62. The van der Waals surface area contributed by atoms with Gasteiger partial charge in [0.1, 0.15) is 0 Å². The summed E-state index contributed by atoms with van der Waals surface area (Å²) in [7, 11) is 0. The Balaban J connectivity index is 3.09. The molecule has 1 N–H and O–H groups in total. The van der Waals surface area contributed by atoms with E-state index in [-0.39, 0.29) is 15.1 Å². The van der Waals surface area contributed by atoms with Gasteiger partial charge in [0.05, 0.1) is 22.0 Å². The van der Waals surface area contributed by atoms with Gasteiger partial charge in [0.15, 0.2) is 0 Å². The van der Waals surface area contributed by atoms with E-state index in [1.807, 2.05) is 0 Å². The second-order valence-corrected chi connectivity index (χ2v) is 4.59. The number of rotatable bonds is 4. The minimum atomic E-state index is -3.41. The molecule has 7 heteroatoms. The summed E-state index contributed by atoms with van der Waals surface area (Å²) in [5.41, 5.74) is -0.591. The zero-order valence-electron chi connectivity index (χ0n) is 8.31. The minimum absolute atomic E-state index is 0.137. The number of carboxylic acids is 1. The first-order chi connectivity index (χ1) is 7.74. The summed E-state index contributed by atoms with van der Waals surface area (Å²) in [6.45, 7) is 0. The van der Waals surface area contributed by atoms with Gasteiger partial charge in [-0.3, -0.25) is 4.79 Å². The minimum Gasteiger partial charge on any atom is -0.481 e. The van der Waals surface area contributed by atoms with Gasteiger partial charge in [0, 0.05) is 11.4 Å². The van der Waals surface area contributed by atoms with Crippen molar-refractivity contribution < 1.29 is 18.7 Å². The van der Waals surface area contributed by atoms with E-state index in [1.165, 1.54) is 0 Å². The predicted molar refractivity (Wildman–Crippen MR) is 62.2 cm³/mol. The summed E-state index contributed by atoms with van der Waals surface area (Å²) < 4.78 is 27.4. The molecule has 94 valence electrons. The van der Waals surface area contributed by atoms with E-state index >= 15 is 0 Å². The fourth-order valence-corrected chi connectivity index (χ4v) is 2.37. The molecular weight excluding hydrogens is 296 g/mol. The van der Waals surface area contributed by atoms with Crippen LogP contribution in [0, 0.1) is 0 Å². The van der Waals surface area contributed by atoms with Gasteiger partial charge in [0.2, 0.25) is 0 Å². The predicted octanol–water partition coefficient (Wildman–Crippen LogP) is 4.60. The van der Waals surface area contributed by atoms with Crippen LogP contribution in [0.25, 0.3) is 0 Å². The van der Waals surface area contributed by atoms with E-state index in [1.54, 1.807) is 0 Å². The van der Waals surface area contributed by atoms with Gasteiger partial charge in [-0.1, -0.05) is 34.8 Å². The van der Waals surface area contributed by atoms with Gasteiger partial charge >= 0.3 is 5.97 Å². The maximum Gasteiger partial charge on any atom is 0.303 e. The van der Waals surface area contributed by atoms with Crippen LogP contribution in [0.4, 0.5) is 8.78 Å². The highest BCUT2D eigenvalue weighted by Gasteiger charge is 2.36. The molecule has 0 radical (unpaired) electrons. The lowest BCUT2D eigenvalue weighted by Crippen LogP contribution is -2.16. The van der Waals surface area contributed by atoms with E-state index in [2.05, 4.69) is 0 Å². The molecule has 0 bridgehead atoms. The molecule has 2 nitrogen and oxygen atoms in total. The molecule has 0 heterocycles. The van der Waals surface area contributed by atoms with Crippen molar-refractivity contribution in [1.29, 1.82) is 0 Å². The summed E-state index contributed by atoms with van der Waals surface area (Å²) >= 11 is 16.9. The molecule has 0 aromatic heterocycles. The first-order valence-electron chi connectivity index (χ1n) is 4.48. The van der Waals surface area contributed by atoms with Crippen LogP contribution in [0.2, 0.25) is 15.1 Å². The molecule has 0 fully saturated rings. The third-order valence-corrected chi connectivity index (χ3v) is 2.84. The van der Waals surface area contributed by atoms with Gasteiger partial charge in [-0.15, -0.1) is 0 Å². The monoisotopic (exact) mass is 302 g/mol. The van der Waals surface area contributed by atoms with Crippen molar-refractivity contribution >= 4 is 40.8 Å². The lowest BCUT2D eigenvalue weighted by molar-refractivity contribution is -0.139. The van der Waals surface area contributed by atoms with Crippen LogP contribution < -0.4 is 0 Å². The van der Waals surface area contributed by atoms with E-state index in [0.717, 1.165) is 12.1 Å². The summed E-state index contributed by atoms with van der Waals surface area (Å²) in [6.07, 6.45) is -1.55. The summed E-state index contributed by atoms with van der Waals surface area (Å²) in [4.78, 5) is 10.3. The van der Waals surface area contributed by atoms with Crippen LogP contribution in [0.3, 0.4) is 0 Å². The number of hydrogen-bond acceptors (Lipinski definition) is 1. The lowest BCUT2D eigenvalue weighted by Gasteiger charge is -2.18. The molecule has 0 atom stereocenters. The maximum absolute atomic E-state index is 13.7. The normalized spacial score (nSPS) is 11.6. The summed E-state index contributed by atoms with van der Waals surface area (Å²) in [6, 6.07) is 2.28. The van der Waals surface area contributed by atoms with Crippen LogP contribution in [-0.2, 0) is 10.7 Å². The highest BCUT2D eigenvalue weighted by atomic mass is 35.5. The van der Waals surface area contributed by atoms with Gasteiger partial charge < -0.3 is 5.11 Å². The van der Waals surface area contributed by atoms with E-state index < -0.39 is 30.3 Å². The highest BCUT2D eigenvalue weighted by Crippen LogP contribution is 2.42. The van der Waals surface area contributed by atoms with Gasteiger partial charge in [-0.05, 0) is 12.1 Å². The molecule has 1 aromatic carbocycles.